The van der Waals surface area contributed by atoms with E-state index in [0.29, 0.717) is 6.54 Å². The van der Waals surface area contributed by atoms with E-state index in [9.17, 15) is 4.39 Å². The summed E-state index contributed by atoms with van der Waals surface area (Å²) in [6.45, 7) is 4.78. The van der Waals surface area contributed by atoms with Gasteiger partial charge >= 0.3 is 0 Å². The molecule has 0 amide bonds. The van der Waals surface area contributed by atoms with Gasteiger partial charge in [0.2, 0.25) is 0 Å². The molecular weight excluding hydrogens is 227 g/mol. The molecule has 1 heterocycles. The van der Waals surface area contributed by atoms with Crippen molar-refractivity contribution in [3.63, 3.8) is 0 Å². The fraction of sp³-hybridized carbons (Fsp3) is 0.267. The molecule has 0 saturated heterocycles. The molecule has 1 atom stereocenters. The van der Waals surface area contributed by atoms with Gasteiger partial charge in [0.05, 0.1) is 5.69 Å². The highest BCUT2D eigenvalue weighted by Gasteiger charge is 2.05. The molecule has 0 bridgehead atoms. The van der Waals surface area contributed by atoms with Crippen molar-refractivity contribution >= 4 is 0 Å². The van der Waals surface area contributed by atoms with Crippen molar-refractivity contribution in [1.29, 1.82) is 0 Å². The summed E-state index contributed by atoms with van der Waals surface area (Å²) in [5.74, 6) is -0.203. The number of rotatable bonds is 4. The number of nitrogens with zero attached hydrogens (tertiary/aromatic N) is 1. The number of pyridine rings is 1. The number of hydrogen-bond acceptors (Lipinski definition) is 2. The van der Waals surface area contributed by atoms with E-state index in [2.05, 4.69) is 17.2 Å². The fourth-order valence-corrected chi connectivity index (χ4v) is 1.73. The van der Waals surface area contributed by atoms with Gasteiger partial charge in [-0.05, 0) is 43.2 Å². The average Bonchev–Trinajstić information content (AvgIpc) is 2.38. The summed E-state index contributed by atoms with van der Waals surface area (Å²) in [5, 5.41) is 3.37. The van der Waals surface area contributed by atoms with Crippen molar-refractivity contribution in [2.75, 3.05) is 0 Å². The summed E-state index contributed by atoms with van der Waals surface area (Å²) in [6, 6.07) is 10.8. The molecular formula is C15H17FN2. The number of hydrogen-bond donors (Lipinski definition) is 1. The molecule has 2 aromatic rings. The van der Waals surface area contributed by atoms with E-state index < -0.39 is 0 Å². The van der Waals surface area contributed by atoms with Gasteiger partial charge in [-0.25, -0.2) is 4.39 Å². The van der Waals surface area contributed by atoms with Crippen LogP contribution in [0.15, 0.2) is 42.6 Å². The summed E-state index contributed by atoms with van der Waals surface area (Å²) in [4.78, 5) is 4.34. The molecule has 0 spiro atoms. The number of aromatic nitrogens is 1. The van der Waals surface area contributed by atoms with Crippen molar-refractivity contribution in [3.8, 4) is 0 Å². The van der Waals surface area contributed by atoms with Crippen LogP contribution in [0, 0.1) is 12.7 Å². The van der Waals surface area contributed by atoms with Gasteiger partial charge in [-0.3, -0.25) is 4.98 Å². The Morgan fingerprint density at radius 3 is 2.50 bits per heavy atom. The summed E-state index contributed by atoms with van der Waals surface area (Å²) < 4.78 is 12.8. The highest BCUT2D eigenvalue weighted by Crippen LogP contribution is 2.13. The molecule has 18 heavy (non-hydrogen) atoms. The molecule has 2 nitrogen and oxygen atoms in total. The van der Waals surface area contributed by atoms with Crippen LogP contribution in [0.4, 0.5) is 4.39 Å². The summed E-state index contributed by atoms with van der Waals surface area (Å²) in [7, 11) is 0. The second-order valence-electron chi connectivity index (χ2n) is 4.48. The lowest BCUT2D eigenvalue weighted by atomic mass is 10.1. The van der Waals surface area contributed by atoms with Crippen molar-refractivity contribution in [1.82, 2.24) is 10.3 Å². The Morgan fingerprint density at radius 2 is 1.89 bits per heavy atom. The zero-order valence-electron chi connectivity index (χ0n) is 10.7. The van der Waals surface area contributed by atoms with Crippen LogP contribution in [0.5, 0.6) is 0 Å². The number of halogens is 1. The van der Waals surface area contributed by atoms with Gasteiger partial charge in [-0.15, -0.1) is 0 Å². The topological polar surface area (TPSA) is 24.9 Å². The Morgan fingerprint density at radius 1 is 1.17 bits per heavy atom. The first kappa shape index (κ1) is 12.7. The standard InChI is InChI=1S/C15H17FN2/c1-11-3-8-15(18-9-11)10-17-12(2)13-4-6-14(16)7-5-13/h3-9,12,17H,10H2,1-2H3. The van der Waals surface area contributed by atoms with Crippen LogP contribution in [0.3, 0.4) is 0 Å². The van der Waals surface area contributed by atoms with E-state index in [4.69, 9.17) is 0 Å². The Balaban J connectivity index is 1.93. The first-order valence-electron chi connectivity index (χ1n) is 6.05. The van der Waals surface area contributed by atoms with Crippen molar-refractivity contribution in [2.45, 2.75) is 26.4 Å². The summed E-state index contributed by atoms with van der Waals surface area (Å²) in [6.07, 6.45) is 1.86. The van der Waals surface area contributed by atoms with Gasteiger partial charge in [0.1, 0.15) is 5.82 Å². The van der Waals surface area contributed by atoms with E-state index in [1.807, 2.05) is 25.3 Å². The van der Waals surface area contributed by atoms with Gasteiger partial charge in [0, 0.05) is 18.8 Å². The lowest BCUT2D eigenvalue weighted by Crippen LogP contribution is -2.18. The maximum Gasteiger partial charge on any atom is 0.123 e. The van der Waals surface area contributed by atoms with Crippen LogP contribution in [0.2, 0.25) is 0 Å². The average molecular weight is 244 g/mol. The van der Waals surface area contributed by atoms with Gasteiger partial charge in [0.15, 0.2) is 0 Å². The molecule has 0 radical (unpaired) electrons. The lowest BCUT2D eigenvalue weighted by Gasteiger charge is -2.14. The maximum absolute atomic E-state index is 12.8. The molecule has 0 saturated carbocycles. The fourth-order valence-electron chi connectivity index (χ4n) is 1.73. The third kappa shape index (κ3) is 3.37. The minimum atomic E-state index is -0.203. The smallest absolute Gasteiger partial charge is 0.123 e. The van der Waals surface area contributed by atoms with Crippen LogP contribution >= 0.6 is 0 Å². The first-order chi connectivity index (χ1) is 8.65. The van der Waals surface area contributed by atoms with Crippen molar-refractivity contribution in [2.24, 2.45) is 0 Å². The molecule has 2 rings (SSSR count). The van der Waals surface area contributed by atoms with Crippen LogP contribution in [-0.4, -0.2) is 4.98 Å². The second kappa shape index (κ2) is 5.74. The molecule has 0 aliphatic carbocycles. The zero-order valence-corrected chi connectivity index (χ0v) is 10.7. The molecule has 1 unspecified atom stereocenters. The number of aryl methyl sites for hydroxylation is 1. The van der Waals surface area contributed by atoms with E-state index in [-0.39, 0.29) is 11.9 Å². The number of benzene rings is 1. The predicted octanol–water partition coefficient (Wildman–Crippen LogP) is 3.38. The van der Waals surface area contributed by atoms with Gasteiger partial charge < -0.3 is 5.32 Å². The summed E-state index contributed by atoms with van der Waals surface area (Å²) in [5.41, 5.74) is 3.24. The molecule has 1 N–H and O–H groups in total. The molecule has 0 aliphatic heterocycles. The monoisotopic (exact) mass is 244 g/mol. The second-order valence-corrected chi connectivity index (χ2v) is 4.48. The molecule has 0 aliphatic rings. The van der Waals surface area contributed by atoms with E-state index in [0.717, 1.165) is 16.8 Å². The largest absolute Gasteiger partial charge is 0.305 e. The Kier molecular flexibility index (Phi) is 4.05. The maximum atomic E-state index is 12.8. The SMILES string of the molecule is Cc1ccc(CNC(C)c2ccc(F)cc2)nc1. The molecule has 1 aromatic carbocycles. The van der Waals surface area contributed by atoms with Gasteiger partial charge in [-0.1, -0.05) is 18.2 Å². The third-order valence-electron chi connectivity index (χ3n) is 2.93. The molecule has 0 fully saturated rings. The van der Waals surface area contributed by atoms with Crippen molar-refractivity contribution < 1.29 is 4.39 Å². The third-order valence-corrected chi connectivity index (χ3v) is 2.93. The Labute approximate surface area is 107 Å². The summed E-state index contributed by atoms with van der Waals surface area (Å²) >= 11 is 0. The highest BCUT2D eigenvalue weighted by atomic mass is 19.1. The van der Waals surface area contributed by atoms with Gasteiger partial charge in [0.25, 0.3) is 0 Å². The van der Waals surface area contributed by atoms with Crippen molar-refractivity contribution in [3.05, 3.63) is 65.2 Å². The molecule has 3 heteroatoms. The van der Waals surface area contributed by atoms with Crippen LogP contribution in [-0.2, 0) is 6.54 Å². The van der Waals surface area contributed by atoms with E-state index in [1.165, 1.54) is 12.1 Å². The van der Waals surface area contributed by atoms with Gasteiger partial charge in [-0.2, -0.15) is 0 Å². The first-order valence-corrected chi connectivity index (χ1v) is 6.05. The minimum Gasteiger partial charge on any atom is -0.305 e. The van der Waals surface area contributed by atoms with E-state index >= 15 is 0 Å². The lowest BCUT2D eigenvalue weighted by molar-refractivity contribution is 0.564. The number of nitrogens with one attached hydrogen (secondary N) is 1. The Bertz CT molecular complexity index is 491. The van der Waals surface area contributed by atoms with E-state index in [1.54, 1.807) is 12.1 Å². The van der Waals surface area contributed by atoms with Crippen LogP contribution in [0.25, 0.3) is 0 Å². The van der Waals surface area contributed by atoms with Crippen LogP contribution < -0.4 is 5.32 Å². The predicted molar refractivity (Wildman–Crippen MR) is 70.6 cm³/mol. The quantitative estimate of drug-likeness (QED) is 0.891. The molecule has 94 valence electrons. The van der Waals surface area contributed by atoms with Crippen LogP contribution in [0.1, 0.15) is 29.8 Å². The zero-order chi connectivity index (χ0) is 13.0. The molecule has 1 aromatic heterocycles. The minimum absolute atomic E-state index is 0.175. The Hall–Kier alpha value is -1.74. The highest BCUT2D eigenvalue weighted by molar-refractivity contribution is 5.19. The normalized spacial score (nSPS) is 12.4.